The lowest BCUT2D eigenvalue weighted by molar-refractivity contribution is -0.123. The number of carbonyl (C=O) groups is 3. The zero-order valence-corrected chi connectivity index (χ0v) is 21.1. The summed E-state index contributed by atoms with van der Waals surface area (Å²) in [6.45, 7) is 10.6. The third-order valence-electron chi connectivity index (χ3n) is 6.35. The number of anilines is 2. The Labute approximate surface area is 207 Å². The Balaban J connectivity index is 1.63. The van der Waals surface area contributed by atoms with Crippen molar-refractivity contribution in [3.63, 3.8) is 0 Å². The summed E-state index contributed by atoms with van der Waals surface area (Å²) in [5, 5.41) is 2.87. The molecule has 1 N–H and O–H groups in total. The Kier molecular flexibility index (Phi) is 8.33. The molecule has 0 radical (unpaired) electrons. The highest BCUT2D eigenvalue weighted by atomic mass is 16.5. The molecule has 0 aliphatic carbocycles. The van der Waals surface area contributed by atoms with E-state index in [0.29, 0.717) is 30.2 Å². The number of carbonyl (C=O) groups excluding carboxylic acids is 3. The summed E-state index contributed by atoms with van der Waals surface area (Å²) < 4.78 is 11.1. The molecule has 7 heteroatoms. The molecule has 3 rings (SSSR count). The van der Waals surface area contributed by atoms with Crippen molar-refractivity contribution < 1.29 is 23.9 Å². The number of nitrogens with one attached hydrogen (secondary N) is 1. The molecule has 0 aromatic heterocycles. The van der Waals surface area contributed by atoms with Crippen molar-refractivity contribution in [3.8, 4) is 5.75 Å². The summed E-state index contributed by atoms with van der Waals surface area (Å²) in [5.41, 5.74) is 2.49. The second kappa shape index (κ2) is 11.2. The maximum Gasteiger partial charge on any atom is 0.265 e. The fourth-order valence-electron chi connectivity index (χ4n) is 3.68. The van der Waals surface area contributed by atoms with Crippen LogP contribution in [0.25, 0.3) is 0 Å². The van der Waals surface area contributed by atoms with Crippen molar-refractivity contribution in [2.24, 2.45) is 0 Å². The molecule has 2 amide bonds. The van der Waals surface area contributed by atoms with Crippen LogP contribution in [0.1, 0.15) is 53.0 Å². The van der Waals surface area contributed by atoms with E-state index < -0.39 is 12.0 Å². The van der Waals surface area contributed by atoms with Gasteiger partial charge >= 0.3 is 0 Å². The Morgan fingerprint density at radius 1 is 1.06 bits per heavy atom. The first-order chi connectivity index (χ1) is 16.7. The molecule has 1 saturated heterocycles. The predicted molar refractivity (Wildman–Crippen MR) is 137 cm³/mol. The number of rotatable bonds is 10. The number of benzene rings is 2. The van der Waals surface area contributed by atoms with Crippen LogP contribution >= 0.6 is 0 Å². The van der Waals surface area contributed by atoms with Gasteiger partial charge in [0.1, 0.15) is 11.3 Å². The lowest BCUT2D eigenvalue weighted by Crippen LogP contribution is -2.32. The van der Waals surface area contributed by atoms with Crippen LogP contribution in [-0.2, 0) is 24.5 Å². The summed E-state index contributed by atoms with van der Waals surface area (Å²) in [4.78, 5) is 38.9. The van der Waals surface area contributed by atoms with Gasteiger partial charge in [-0.15, -0.1) is 0 Å². The van der Waals surface area contributed by atoms with Crippen molar-refractivity contribution in [2.75, 3.05) is 23.4 Å². The molecule has 1 atom stereocenters. The maximum atomic E-state index is 12.8. The van der Waals surface area contributed by atoms with Gasteiger partial charge in [0, 0.05) is 11.4 Å². The van der Waals surface area contributed by atoms with Crippen LogP contribution in [0, 0.1) is 0 Å². The molecule has 1 fully saturated rings. The molecule has 0 saturated carbocycles. The third-order valence-corrected chi connectivity index (χ3v) is 6.35. The summed E-state index contributed by atoms with van der Waals surface area (Å²) in [5.74, 6) is -0.290. The van der Waals surface area contributed by atoms with E-state index in [0.717, 1.165) is 6.42 Å². The highest BCUT2D eigenvalue weighted by molar-refractivity contribution is 6.31. The molecule has 7 nitrogen and oxygen atoms in total. The Morgan fingerprint density at radius 2 is 1.71 bits per heavy atom. The number of hydrogen-bond donors (Lipinski definition) is 1. The monoisotopic (exact) mass is 478 g/mol. The van der Waals surface area contributed by atoms with Gasteiger partial charge in [-0.2, -0.15) is 0 Å². The highest BCUT2D eigenvalue weighted by Crippen LogP contribution is 2.29. The minimum atomic E-state index is -0.649. The second-order valence-electron chi connectivity index (χ2n) is 9.11. The van der Waals surface area contributed by atoms with Gasteiger partial charge in [0.2, 0.25) is 0 Å². The predicted octanol–water partition coefficient (Wildman–Crippen LogP) is 5.01. The highest BCUT2D eigenvalue weighted by Gasteiger charge is 2.35. The molecule has 0 bridgehead atoms. The van der Waals surface area contributed by atoms with E-state index in [1.165, 1.54) is 16.7 Å². The van der Waals surface area contributed by atoms with Crippen LogP contribution in [0.15, 0.2) is 60.4 Å². The van der Waals surface area contributed by atoms with Crippen LogP contribution in [0.2, 0.25) is 0 Å². The third kappa shape index (κ3) is 6.10. The second-order valence-corrected chi connectivity index (χ2v) is 9.11. The number of ether oxygens (including phenoxy) is 2. The fourth-order valence-corrected chi connectivity index (χ4v) is 3.68. The largest absolute Gasteiger partial charge is 0.501 e. The first kappa shape index (κ1) is 26.0. The molecular formula is C28H34N2O5. The van der Waals surface area contributed by atoms with Crippen molar-refractivity contribution in [1.29, 1.82) is 0 Å². The molecule has 1 unspecified atom stereocenters. The Hall–Kier alpha value is -3.61. The molecule has 2 aromatic rings. The molecule has 186 valence electrons. The summed E-state index contributed by atoms with van der Waals surface area (Å²) in [7, 11) is 0. The lowest BCUT2D eigenvalue weighted by atomic mass is 9.82. The standard InChI is InChI=1S/C28H34N2O5/c1-6-25(35-22-15-9-19(10-16-22)28(4,5)7-2)26(32)29-20-11-13-21(14-12-20)30-17-24(31)23(27(30)33)18-34-8-3/h9-16,18,25H,6-8,17H2,1-5H3,(H,29,32). The van der Waals surface area contributed by atoms with Gasteiger partial charge in [-0.1, -0.05) is 39.8 Å². The van der Waals surface area contributed by atoms with Crippen molar-refractivity contribution in [1.82, 2.24) is 0 Å². The number of ketones is 1. The Bertz CT molecular complexity index is 1090. The van der Waals surface area contributed by atoms with Crippen molar-refractivity contribution >= 4 is 29.0 Å². The van der Waals surface area contributed by atoms with Gasteiger partial charge in [0.15, 0.2) is 11.9 Å². The molecular weight excluding hydrogens is 444 g/mol. The normalized spacial score (nSPS) is 15.9. The van der Waals surface area contributed by atoms with E-state index in [1.54, 1.807) is 31.2 Å². The maximum absolute atomic E-state index is 12.8. The van der Waals surface area contributed by atoms with Gasteiger partial charge in [0.25, 0.3) is 11.8 Å². The van der Waals surface area contributed by atoms with E-state index in [2.05, 4.69) is 26.1 Å². The van der Waals surface area contributed by atoms with Gasteiger partial charge in [-0.3, -0.25) is 14.4 Å². The number of hydrogen-bond acceptors (Lipinski definition) is 5. The van der Waals surface area contributed by atoms with Gasteiger partial charge in [-0.05, 0) is 67.1 Å². The Morgan fingerprint density at radius 3 is 2.29 bits per heavy atom. The van der Waals surface area contributed by atoms with E-state index >= 15 is 0 Å². The van der Waals surface area contributed by atoms with Gasteiger partial charge in [-0.25, -0.2) is 0 Å². The quantitative estimate of drug-likeness (QED) is 0.295. The molecule has 1 heterocycles. The van der Waals surface area contributed by atoms with E-state index in [9.17, 15) is 14.4 Å². The van der Waals surface area contributed by atoms with Crippen LogP contribution in [0.3, 0.4) is 0 Å². The first-order valence-corrected chi connectivity index (χ1v) is 12.0. The summed E-state index contributed by atoms with van der Waals surface area (Å²) in [6, 6.07) is 14.7. The van der Waals surface area contributed by atoms with Crippen molar-refractivity contribution in [2.45, 2.75) is 59.0 Å². The lowest BCUT2D eigenvalue weighted by Gasteiger charge is -2.24. The van der Waals surface area contributed by atoms with E-state index in [1.807, 2.05) is 31.2 Å². The fraction of sp³-hybridized carbons (Fsp3) is 0.393. The number of amides is 2. The van der Waals surface area contributed by atoms with E-state index in [-0.39, 0.29) is 29.2 Å². The topological polar surface area (TPSA) is 84.9 Å². The zero-order chi connectivity index (χ0) is 25.6. The van der Waals surface area contributed by atoms with Crippen LogP contribution in [-0.4, -0.2) is 36.9 Å². The summed E-state index contributed by atoms with van der Waals surface area (Å²) >= 11 is 0. The van der Waals surface area contributed by atoms with Crippen LogP contribution < -0.4 is 15.0 Å². The average molecular weight is 479 g/mol. The van der Waals surface area contributed by atoms with Crippen LogP contribution in [0.4, 0.5) is 11.4 Å². The molecule has 0 spiro atoms. The minimum Gasteiger partial charge on any atom is -0.501 e. The number of Topliss-reactive ketones (excluding diaryl/α,β-unsaturated/α-hetero) is 1. The minimum absolute atomic E-state index is 0.0383. The molecule has 2 aromatic carbocycles. The van der Waals surface area contributed by atoms with Crippen molar-refractivity contribution in [3.05, 3.63) is 65.9 Å². The molecule has 35 heavy (non-hydrogen) atoms. The van der Waals surface area contributed by atoms with Gasteiger partial charge < -0.3 is 19.7 Å². The first-order valence-electron chi connectivity index (χ1n) is 12.0. The number of nitrogens with zero attached hydrogens (tertiary/aromatic N) is 1. The molecule has 1 aliphatic heterocycles. The van der Waals surface area contributed by atoms with E-state index in [4.69, 9.17) is 9.47 Å². The SMILES string of the molecule is CCOC=C1C(=O)CN(c2ccc(NC(=O)C(CC)Oc3ccc(C(C)(C)CC)cc3)cc2)C1=O. The van der Waals surface area contributed by atoms with Gasteiger partial charge in [0.05, 0.1) is 19.4 Å². The summed E-state index contributed by atoms with van der Waals surface area (Å²) in [6.07, 6.45) is 2.11. The smallest absolute Gasteiger partial charge is 0.265 e. The zero-order valence-electron chi connectivity index (χ0n) is 21.1. The van der Waals surface area contributed by atoms with Crippen LogP contribution in [0.5, 0.6) is 5.75 Å². The molecule has 1 aliphatic rings. The average Bonchev–Trinajstić information content (AvgIpc) is 3.14.